The third-order valence-electron chi connectivity index (χ3n) is 4.25. The summed E-state index contributed by atoms with van der Waals surface area (Å²) in [4.78, 5) is 12.7. The van der Waals surface area contributed by atoms with Gasteiger partial charge in [-0.2, -0.15) is 5.10 Å². The van der Waals surface area contributed by atoms with Crippen molar-refractivity contribution in [2.75, 3.05) is 11.9 Å². The molecule has 5 nitrogen and oxygen atoms in total. The molecule has 1 aromatic heterocycles. The van der Waals surface area contributed by atoms with Gasteiger partial charge in [0, 0.05) is 5.69 Å². The lowest BCUT2D eigenvalue weighted by atomic mass is 10.1. The van der Waals surface area contributed by atoms with Gasteiger partial charge in [-0.15, -0.1) is 0 Å². The average Bonchev–Trinajstić information content (AvgIpc) is 3.03. The van der Waals surface area contributed by atoms with E-state index in [1.165, 1.54) is 16.9 Å². The normalized spacial score (nSPS) is 10.7. The first-order chi connectivity index (χ1) is 13.0. The molecular formula is C21H22FN3O2. The standard InChI is InChI=1S/C21H22FN3O2/c1-4-11-27-16-9-10-19(14(2)12-16)24-21(26)17-13-23-25(15(17)3)20-8-6-5-7-18(20)22/h5-10,12-13H,4,11H2,1-3H3,(H,24,26). The van der Waals surface area contributed by atoms with Gasteiger partial charge in [0.1, 0.15) is 17.3 Å². The maximum atomic E-state index is 14.0. The van der Waals surface area contributed by atoms with E-state index >= 15 is 0 Å². The molecule has 0 unspecified atom stereocenters. The molecule has 140 valence electrons. The number of rotatable bonds is 6. The van der Waals surface area contributed by atoms with E-state index < -0.39 is 5.82 Å². The van der Waals surface area contributed by atoms with Crippen LogP contribution in [0.5, 0.6) is 5.75 Å². The van der Waals surface area contributed by atoms with Crippen LogP contribution in [-0.2, 0) is 0 Å². The Morgan fingerprint density at radius 3 is 2.70 bits per heavy atom. The first-order valence-corrected chi connectivity index (χ1v) is 8.85. The number of benzene rings is 2. The molecule has 27 heavy (non-hydrogen) atoms. The highest BCUT2D eigenvalue weighted by Gasteiger charge is 2.17. The van der Waals surface area contributed by atoms with Gasteiger partial charge in [-0.05, 0) is 56.2 Å². The third-order valence-corrected chi connectivity index (χ3v) is 4.25. The lowest BCUT2D eigenvalue weighted by Crippen LogP contribution is -2.14. The number of amides is 1. The maximum absolute atomic E-state index is 14.0. The van der Waals surface area contributed by atoms with Crippen LogP contribution in [0.1, 0.15) is 35.0 Å². The molecule has 0 aliphatic heterocycles. The number of aryl methyl sites for hydroxylation is 1. The molecule has 0 saturated heterocycles. The SMILES string of the molecule is CCCOc1ccc(NC(=O)c2cnn(-c3ccccc3F)c2C)c(C)c1. The molecule has 0 atom stereocenters. The van der Waals surface area contributed by atoms with Crippen LogP contribution in [0.15, 0.2) is 48.7 Å². The number of anilines is 1. The van der Waals surface area contributed by atoms with E-state index in [0.717, 1.165) is 17.7 Å². The second-order valence-electron chi connectivity index (χ2n) is 6.29. The van der Waals surface area contributed by atoms with Gasteiger partial charge in [-0.1, -0.05) is 19.1 Å². The third kappa shape index (κ3) is 4.00. The monoisotopic (exact) mass is 367 g/mol. The van der Waals surface area contributed by atoms with Crippen molar-refractivity contribution in [3.05, 3.63) is 71.3 Å². The Bertz CT molecular complexity index is 966. The molecule has 1 heterocycles. The zero-order valence-corrected chi connectivity index (χ0v) is 15.6. The molecule has 6 heteroatoms. The van der Waals surface area contributed by atoms with Gasteiger partial charge < -0.3 is 10.1 Å². The van der Waals surface area contributed by atoms with E-state index in [1.54, 1.807) is 25.1 Å². The number of nitrogens with zero attached hydrogens (tertiary/aromatic N) is 2. The van der Waals surface area contributed by atoms with E-state index in [-0.39, 0.29) is 5.91 Å². The summed E-state index contributed by atoms with van der Waals surface area (Å²) in [6.45, 7) is 6.35. The van der Waals surface area contributed by atoms with Crippen LogP contribution in [0.25, 0.3) is 5.69 Å². The molecular weight excluding hydrogens is 345 g/mol. The molecule has 1 amide bonds. The molecule has 3 aromatic rings. The number of nitrogens with one attached hydrogen (secondary N) is 1. The van der Waals surface area contributed by atoms with Crippen LogP contribution in [0.3, 0.4) is 0 Å². The molecule has 0 bridgehead atoms. The molecule has 0 saturated carbocycles. The number of para-hydroxylation sites is 1. The van der Waals surface area contributed by atoms with Crippen LogP contribution in [0.2, 0.25) is 0 Å². The summed E-state index contributed by atoms with van der Waals surface area (Å²) >= 11 is 0. The summed E-state index contributed by atoms with van der Waals surface area (Å²) in [5.41, 5.74) is 2.86. The highest BCUT2D eigenvalue weighted by Crippen LogP contribution is 2.23. The fourth-order valence-corrected chi connectivity index (χ4v) is 2.77. The van der Waals surface area contributed by atoms with Crippen molar-refractivity contribution < 1.29 is 13.9 Å². The molecule has 2 aromatic carbocycles. The number of ether oxygens (including phenoxy) is 1. The Balaban J connectivity index is 1.81. The highest BCUT2D eigenvalue weighted by atomic mass is 19.1. The van der Waals surface area contributed by atoms with Gasteiger partial charge in [0.2, 0.25) is 0 Å². The number of halogens is 1. The topological polar surface area (TPSA) is 56.1 Å². The van der Waals surface area contributed by atoms with Crippen molar-refractivity contribution in [3.63, 3.8) is 0 Å². The minimum atomic E-state index is -0.394. The summed E-state index contributed by atoms with van der Waals surface area (Å²) in [6, 6.07) is 11.9. The first kappa shape index (κ1) is 18.6. The lowest BCUT2D eigenvalue weighted by molar-refractivity contribution is 0.102. The van der Waals surface area contributed by atoms with E-state index in [1.807, 2.05) is 32.0 Å². The van der Waals surface area contributed by atoms with Crippen LogP contribution in [-0.4, -0.2) is 22.3 Å². The predicted molar refractivity (Wildman–Crippen MR) is 103 cm³/mol. The van der Waals surface area contributed by atoms with E-state index in [4.69, 9.17) is 4.74 Å². The Morgan fingerprint density at radius 1 is 1.22 bits per heavy atom. The number of hydrogen-bond acceptors (Lipinski definition) is 3. The Labute approximate surface area is 157 Å². The van der Waals surface area contributed by atoms with Crippen LogP contribution < -0.4 is 10.1 Å². The summed E-state index contributed by atoms with van der Waals surface area (Å²) in [5, 5.41) is 7.06. The molecule has 1 N–H and O–H groups in total. The Morgan fingerprint density at radius 2 is 2.00 bits per heavy atom. The Kier molecular flexibility index (Phi) is 5.54. The summed E-state index contributed by atoms with van der Waals surface area (Å²) < 4.78 is 21.0. The summed E-state index contributed by atoms with van der Waals surface area (Å²) in [5.74, 6) is 0.0884. The molecule has 0 aliphatic carbocycles. The second-order valence-corrected chi connectivity index (χ2v) is 6.29. The molecule has 0 radical (unpaired) electrons. The van der Waals surface area contributed by atoms with Gasteiger partial charge in [0.05, 0.1) is 24.1 Å². The number of carbonyl (C=O) groups excluding carboxylic acids is 1. The maximum Gasteiger partial charge on any atom is 0.259 e. The van der Waals surface area contributed by atoms with Gasteiger partial charge in [0.15, 0.2) is 0 Å². The second kappa shape index (κ2) is 8.03. The zero-order valence-electron chi connectivity index (χ0n) is 15.6. The van der Waals surface area contributed by atoms with Crippen LogP contribution in [0, 0.1) is 19.7 Å². The smallest absolute Gasteiger partial charge is 0.259 e. The van der Waals surface area contributed by atoms with Crippen molar-refractivity contribution in [2.45, 2.75) is 27.2 Å². The van der Waals surface area contributed by atoms with Crippen molar-refractivity contribution in [3.8, 4) is 11.4 Å². The van der Waals surface area contributed by atoms with Crippen molar-refractivity contribution >= 4 is 11.6 Å². The molecule has 0 aliphatic rings. The van der Waals surface area contributed by atoms with Crippen LogP contribution >= 0.6 is 0 Å². The van der Waals surface area contributed by atoms with E-state index in [9.17, 15) is 9.18 Å². The van der Waals surface area contributed by atoms with Gasteiger partial charge in [0.25, 0.3) is 5.91 Å². The first-order valence-electron chi connectivity index (χ1n) is 8.85. The summed E-state index contributed by atoms with van der Waals surface area (Å²) in [7, 11) is 0. The minimum absolute atomic E-state index is 0.291. The predicted octanol–water partition coefficient (Wildman–Crippen LogP) is 4.67. The average molecular weight is 367 g/mol. The molecule has 0 spiro atoms. The van der Waals surface area contributed by atoms with Crippen molar-refractivity contribution in [1.82, 2.24) is 9.78 Å². The van der Waals surface area contributed by atoms with Crippen LogP contribution in [0.4, 0.5) is 10.1 Å². The fraction of sp³-hybridized carbons (Fsp3) is 0.238. The number of aromatic nitrogens is 2. The lowest BCUT2D eigenvalue weighted by Gasteiger charge is -2.11. The molecule has 3 rings (SSSR count). The highest BCUT2D eigenvalue weighted by molar-refractivity contribution is 6.05. The van der Waals surface area contributed by atoms with Crippen molar-refractivity contribution in [2.24, 2.45) is 0 Å². The van der Waals surface area contributed by atoms with Gasteiger partial charge in [-0.3, -0.25) is 4.79 Å². The van der Waals surface area contributed by atoms with Gasteiger partial charge in [-0.25, -0.2) is 9.07 Å². The Hall–Kier alpha value is -3.15. The van der Waals surface area contributed by atoms with E-state index in [2.05, 4.69) is 10.4 Å². The largest absolute Gasteiger partial charge is 0.494 e. The quantitative estimate of drug-likeness (QED) is 0.689. The van der Waals surface area contributed by atoms with Gasteiger partial charge >= 0.3 is 0 Å². The molecule has 0 fully saturated rings. The zero-order chi connectivity index (χ0) is 19.4. The van der Waals surface area contributed by atoms with E-state index in [0.29, 0.717) is 29.2 Å². The number of hydrogen-bond donors (Lipinski definition) is 1. The summed E-state index contributed by atoms with van der Waals surface area (Å²) in [6.07, 6.45) is 2.38. The fourth-order valence-electron chi connectivity index (χ4n) is 2.77. The minimum Gasteiger partial charge on any atom is -0.494 e. The van der Waals surface area contributed by atoms with Crippen molar-refractivity contribution in [1.29, 1.82) is 0 Å². The number of carbonyl (C=O) groups is 1.